The third-order valence-electron chi connectivity index (χ3n) is 3.24. The smallest absolute Gasteiger partial charge is 0.245 e. The fourth-order valence-electron chi connectivity index (χ4n) is 2.12. The number of nitrogens with zero attached hydrogens (tertiary/aromatic N) is 1. The van der Waals surface area contributed by atoms with Gasteiger partial charge in [-0.05, 0) is 25.7 Å². The molecule has 1 fully saturated rings. The van der Waals surface area contributed by atoms with Gasteiger partial charge in [-0.1, -0.05) is 6.92 Å². The summed E-state index contributed by atoms with van der Waals surface area (Å²) in [6.07, 6.45) is 4.12. The summed E-state index contributed by atoms with van der Waals surface area (Å²) in [5.74, 6) is 0.0483. The highest BCUT2D eigenvalue weighted by molar-refractivity contribution is 5.89. The zero-order valence-electron chi connectivity index (χ0n) is 11.4. The monoisotopic (exact) mass is 256 g/mol. The third kappa shape index (κ3) is 4.64. The highest BCUT2D eigenvalue weighted by Crippen LogP contribution is 2.08. The maximum absolute atomic E-state index is 12.1. The van der Waals surface area contributed by atoms with Crippen molar-refractivity contribution in [1.29, 1.82) is 0 Å². The molecule has 0 radical (unpaired) electrons. The molecule has 1 atom stereocenters. The van der Waals surface area contributed by atoms with E-state index in [1.54, 1.807) is 7.11 Å². The zero-order chi connectivity index (χ0) is 13.4. The summed E-state index contributed by atoms with van der Waals surface area (Å²) in [6, 6.07) is -0.334. The summed E-state index contributed by atoms with van der Waals surface area (Å²) in [6.45, 7) is 3.98. The molecule has 1 aliphatic rings. The van der Waals surface area contributed by atoms with Crippen molar-refractivity contribution in [2.24, 2.45) is 0 Å². The van der Waals surface area contributed by atoms with Crippen molar-refractivity contribution in [3.8, 4) is 0 Å². The lowest BCUT2D eigenvalue weighted by molar-refractivity contribution is -0.133. The molecular formula is C13H24N2O3. The first-order valence-electron chi connectivity index (χ1n) is 6.76. The van der Waals surface area contributed by atoms with Crippen molar-refractivity contribution < 1.29 is 14.3 Å². The van der Waals surface area contributed by atoms with Crippen LogP contribution >= 0.6 is 0 Å². The SMILES string of the molecule is CCC1NC(=O)CCN(CCCCCOC)C1=O. The fourth-order valence-corrected chi connectivity index (χ4v) is 2.12. The molecule has 1 unspecified atom stereocenters. The number of carbonyl (C=O) groups excluding carboxylic acids is 2. The molecule has 18 heavy (non-hydrogen) atoms. The Kier molecular flexibility index (Phi) is 6.72. The molecule has 5 nitrogen and oxygen atoms in total. The lowest BCUT2D eigenvalue weighted by Gasteiger charge is -2.23. The average molecular weight is 256 g/mol. The minimum Gasteiger partial charge on any atom is -0.385 e. The Balaban J connectivity index is 2.38. The standard InChI is InChI=1S/C13H24N2O3/c1-3-11-13(17)15(9-7-12(16)14-11)8-5-4-6-10-18-2/h11H,3-10H2,1-2H3,(H,14,16). The van der Waals surface area contributed by atoms with Gasteiger partial charge in [-0.2, -0.15) is 0 Å². The molecule has 0 aromatic rings. The van der Waals surface area contributed by atoms with E-state index in [0.29, 0.717) is 19.4 Å². The van der Waals surface area contributed by atoms with Crippen molar-refractivity contribution in [2.75, 3.05) is 26.8 Å². The first kappa shape index (κ1) is 15.0. The zero-order valence-corrected chi connectivity index (χ0v) is 11.4. The van der Waals surface area contributed by atoms with Crippen molar-refractivity contribution in [3.05, 3.63) is 0 Å². The summed E-state index contributed by atoms with van der Waals surface area (Å²) < 4.78 is 4.99. The molecular weight excluding hydrogens is 232 g/mol. The molecule has 0 saturated carbocycles. The van der Waals surface area contributed by atoms with E-state index in [1.165, 1.54) is 0 Å². The van der Waals surface area contributed by atoms with Crippen LogP contribution in [0.5, 0.6) is 0 Å². The number of hydrogen-bond acceptors (Lipinski definition) is 3. The first-order chi connectivity index (χ1) is 8.69. The molecule has 1 rings (SSSR count). The van der Waals surface area contributed by atoms with Crippen LogP contribution in [-0.4, -0.2) is 49.6 Å². The van der Waals surface area contributed by atoms with E-state index in [2.05, 4.69) is 5.32 Å². The summed E-state index contributed by atoms with van der Waals surface area (Å²) in [7, 11) is 1.70. The van der Waals surface area contributed by atoms with Crippen LogP contribution in [0.2, 0.25) is 0 Å². The molecule has 2 amide bonds. The van der Waals surface area contributed by atoms with Crippen LogP contribution in [0, 0.1) is 0 Å². The van der Waals surface area contributed by atoms with E-state index >= 15 is 0 Å². The maximum Gasteiger partial charge on any atom is 0.245 e. The summed E-state index contributed by atoms with van der Waals surface area (Å²) in [4.78, 5) is 25.4. The Bertz CT molecular complexity index is 281. The van der Waals surface area contributed by atoms with Gasteiger partial charge < -0.3 is 15.0 Å². The molecule has 0 aromatic carbocycles. The van der Waals surface area contributed by atoms with Gasteiger partial charge in [0, 0.05) is 33.2 Å². The predicted octanol–water partition coefficient (Wildman–Crippen LogP) is 0.930. The highest BCUT2D eigenvalue weighted by atomic mass is 16.5. The van der Waals surface area contributed by atoms with E-state index in [0.717, 1.165) is 32.4 Å². The number of amides is 2. The molecule has 0 spiro atoms. The first-order valence-corrected chi connectivity index (χ1v) is 6.76. The van der Waals surface area contributed by atoms with Gasteiger partial charge in [0.2, 0.25) is 11.8 Å². The van der Waals surface area contributed by atoms with Gasteiger partial charge in [0.05, 0.1) is 0 Å². The Morgan fingerprint density at radius 3 is 2.78 bits per heavy atom. The minimum atomic E-state index is -0.334. The minimum absolute atomic E-state index is 0.0166. The Labute approximate surface area is 109 Å². The van der Waals surface area contributed by atoms with Gasteiger partial charge in [-0.3, -0.25) is 9.59 Å². The third-order valence-corrected chi connectivity index (χ3v) is 3.24. The van der Waals surface area contributed by atoms with Gasteiger partial charge in [0.15, 0.2) is 0 Å². The van der Waals surface area contributed by atoms with Crippen LogP contribution in [-0.2, 0) is 14.3 Å². The number of nitrogens with one attached hydrogen (secondary N) is 1. The quantitative estimate of drug-likeness (QED) is 0.689. The van der Waals surface area contributed by atoms with Gasteiger partial charge in [-0.25, -0.2) is 0 Å². The molecule has 0 aliphatic carbocycles. The van der Waals surface area contributed by atoms with Crippen LogP contribution in [0.25, 0.3) is 0 Å². The molecule has 0 bridgehead atoms. The average Bonchev–Trinajstić information content (AvgIpc) is 2.50. The van der Waals surface area contributed by atoms with Gasteiger partial charge >= 0.3 is 0 Å². The Hall–Kier alpha value is -1.10. The van der Waals surface area contributed by atoms with Crippen molar-refractivity contribution in [2.45, 2.75) is 45.1 Å². The number of hydrogen-bond donors (Lipinski definition) is 1. The van der Waals surface area contributed by atoms with Crippen molar-refractivity contribution in [3.63, 3.8) is 0 Å². The van der Waals surface area contributed by atoms with Crippen LogP contribution in [0.3, 0.4) is 0 Å². The van der Waals surface area contributed by atoms with E-state index < -0.39 is 0 Å². The van der Waals surface area contributed by atoms with E-state index in [-0.39, 0.29) is 17.9 Å². The van der Waals surface area contributed by atoms with Crippen molar-refractivity contribution in [1.82, 2.24) is 10.2 Å². The molecule has 1 aliphatic heterocycles. The predicted molar refractivity (Wildman–Crippen MR) is 69.1 cm³/mol. The van der Waals surface area contributed by atoms with Crippen LogP contribution in [0.15, 0.2) is 0 Å². The van der Waals surface area contributed by atoms with E-state index in [4.69, 9.17) is 4.74 Å². The molecule has 1 saturated heterocycles. The van der Waals surface area contributed by atoms with Gasteiger partial charge in [0.1, 0.15) is 6.04 Å². The number of rotatable bonds is 7. The summed E-state index contributed by atoms with van der Waals surface area (Å²) in [5.41, 5.74) is 0. The number of ether oxygens (including phenoxy) is 1. The largest absolute Gasteiger partial charge is 0.385 e. The second-order valence-corrected chi connectivity index (χ2v) is 4.66. The van der Waals surface area contributed by atoms with E-state index in [1.807, 2.05) is 11.8 Å². The lowest BCUT2D eigenvalue weighted by Crippen LogP contribution is -2.44. The molecule has 1 N–H and O–H groups in total. The topological polar surface area (TPSA) is 58.6 Å². The summed E-state index contributed by atoms with van der Waals surface area (Å²) >= 11 is 0. The van der Waals surface area contributed by atoms with Crippen molar-refractivity contribution >= 4 is 11.8 Å². The lowest BCUT2D eigenvalue weighted by atomic mass is 10.2. The van der Waals surface area contributed by atoms with Gasteiger partial charge in [-0.15, -0.1) is 0 Å². The van der Waals surface area contributed by atoms with E-state index in [9.17, 15) is 9.59 Å². The molecule has 1 heterocycles. The summed E-state index contributed by atoms with van der Waals surface area (Å²) in [5, 5.41) is 2.77. The van der Waals surface area contributed by atoms with Gasteiger partial charge in [0.25, 0.3) is 0 Å². The maximum atomic E-state index is 12.1. The van der Waals surface area contributed by atoms with Crippen LogP contribution < -0.4 is 5.32 Å². The Morgan fingerprint density at radius 2 is 2.11 bits per heavy atom. The van der Waals surface area contributed by atoms with Crippen LogP contribution in [0.4, 0.5) is 0 Å². The molecule has 0 aromatic heterocycles. The second-order valence-electron chi connectivity index (χ2n) is 4.66. The molecule has 5 heteroatoms. The number of unbranched alkanes of at least 4 members (excludes halogenated alkanes) is 2. The number of methoxy groups -OCH3 is 1. The Morgan fingerprint density at radius 1 is 1.33 bits per heavy atom. The fraction of sp³-hybridized carbons (Fsp3) is 0.846. The normalized spacial score (nSPS) is 20.8. The van der Waals surface area contributed by atoms with Crippen LogP contribution in [0.1, 0.15) is 39.0 Å². The molecule has 104 valence electrons. The number of carbonyl (C=O) groups is 2. The highest BCUT2D eigenvalue weighted by Gasteiger charge is 2.27. The second kappa shape index (κ2) is 8.08.